The molecule has 1 aliphatic heterocycles. The summed E-state index contributed by atoms with van der Waals surface area (Å²) in [5, 5.41) is 0. The molecular weight excluding hydrogens is 119 g/mol. The Kier molecular flexibility index (Phi) is 2.03. The summed E-state index contributed by atoms with van der Waals surface area (Å²) in [6.45, 7) is 6.73. The van der Waals surface area contributed by atoms with Gasteiger partial charge in [-0.15, -0.1) is 5.47 Å². The monoisotopic (exact) mass is 133 g/mol. The summed E-state index contributed by atoms with van der Waals surface area (Å²) in [7, 11) is 2.29. The molecule has 0 fully saturated rings. The maximum Gasteiger partial charge on any atom is 0.150 e. The van der Waals surface area contributed by atoms with Crippen molar-refractivity contribution < 1.29 is 0 Å². The highest BCUT2D eigenvalue weighted by atomic mass is 14.1. The van der Waals surface area contributed by atoms with Crippen LogP contribution >= 0.6 is 0 Å². The highest BCUT2D eigenvalue weighted by molar-refractivity contribution is 6.46. The molecule has 0 aliphatic carbocycles. The van der Waals surface area contributed by atoms with Gasteiger partial charge in [-0.2, -0.15) is 0 Å². The average Bonchev–Trinajstić information content (AvgIpc) is 1.88. The standard InChI is InChI=1S/C9H14B/c1-9(2,3)8-6-4-5-7-10-8/h4-6H,7H2,1-3H3. The third-order valence-electron chi connectivity index (χ3n) is 1.75. The Balaban J connectivity index is 2.72. The van der Waals surface area contributed by atoms with Gasteiger partial charge in [0.1, 0.15) is 0 Å². The highest BCUT2D eigenvalue weighted by Crippen LogP contribution is 2.26. The minimum absolute atomic E-state index is 0.324. The predicted molar refractivity (Wildman–Crippen MR) is 47.2 cm³/mol. The molecule has 0 aromatic carbocycles. The van der Waals surface area contributed by atoms with E-state index in [1.54, 1.807) is 0 Å². The quantitative estimate of drug-likeness (QED) is 0.445. The second-order valence-corrected chi connectivity index (χ2v) is 3.74. The van der Waals surface area contributed by atoms with Gasteiger partial charge in [-0.25, -0.2) is 0 Å². The van der Waals surface area contributed by atoms with Crippen molar-refractivity contribution >= 4 is 7.28 Å². The molecule has 0 unspecified atom stereocenters. The van der Waals surface area contributed by atoms with E-state index in [1.807, 2.05) is 0 Å². The summed E-state index contributed by atoms with van der Waals surface area (Å²) in [6, 6.07) is 0. The Morgan fingerprint density at radius 3 is 2.40 bits per heavy atom. The van der Waals surface area contributed by atoms with Crippen LogP contribution in [-0.4, -0.2) is 7.28 Å². The van der Waals surface area contributed by atoms with Gasteiger partial charge in [0.2, 0.25) is 0 Å². The van der Waals surface area contributed by atoms with E-state index < -0.39 is 0 Å². The Hall–Kier alpha value is -0.455. The lowest BCUT2D eigenvalue weighted by Crippen LogP contribution is -2.15. The van der Waals surface area contributed by atoms with Gasteiger partial charge < -0.3 is 0 Å². The van der Waals surface area contributed by atoms with E-state index in [4.69, 9.17) is 0 Å². The van der Waals surface area contributed by atoms with Crippen LogP contribution in [0.2, 0.25) is 6.32 Å². The second kappa shape index (κ2) is 2.65. The summed E-state index contributed by atoms with van der Waals surface area (Å²) in [6.07, 6.45) is 7.61. The summed E-state index contributed by atoms with van der Waals surface area (Å²) >= 11 is 0. The first-order valence-electron chi connectivity index (χ1n) is 3.81. The zero-order chi connectivity index (χ0) is 7.61. The van der Waals surface area contributed by atoms with Crippen LogP contribution in [-0.2, 0) is 0 Å². The van der Waals surface area contributed by atoms with Crippen molar-refractivity contribution in [1.82, 2.24) is 0 Å². The topological polar surface area (TPSA) is 0 Å². The van der Waals surface area contributed by atoms with Gasteiger partial charge in [-0.1, -0.05) is 45.3 Å². The van der Waals surface area contributed by atoms with E-state index >= 15 is 0 Å². The molecule has 1 aliphatic rings. The Labute approximate surface area is 64.3 Å². The van der Waals surface area contributed by atoms with Gasteiger partial charge in [0, 0.05) is 0 Å². The van der Waals surface area contributed by atoms with Crippen LogP contribution in [0.4, 0.5) is 0 Å². The molecule has 0 N–H and O–H groups in total. The van der Waals surface area contributed by atoms with E-state index in [0.29, 0.717) is 5.41 Å². The molecule has 10 heavy (non-hydrogen) atoms. The lowest BCUT2D eigenvalue weighted by atomic mass is 9.56. The molecule has 0 atom stereocenters. The van der Waals surface area contributed by atoms with Gasteiger partial charge in [0.25, 0.3) is 0 Å². The average molecular weight is 133 g/mol. The van der Waals surface area contributed by atoms with E-state index in [0.717, 1.165) is 6.32 Å². The maximum absolute atomic E-state index is 2.29. The van der Waals surface area contributed by atoms with Crippen molar-refractivity contribution in [3.8, 4) is 0 Å². The van der Waals surface area contributed by atoms with E-state index in [2.05, 4.69) is 46.3 Å². The molecule has 0 saturated carbocycles. The number of hydrogen-bond donors (Lipinski definition) is 0. The first-order chi connectivity index (χ1) is 4.61. The smallest absolute Gasteiger partial charge is 0.103 e. The summed E-state index contributed by atoms with van der Waals surface area (Å²) in [5.41, 5.74) is 1.78. The summed E-state index contributed by atoms with van der Waals surface area (Å²) in [4.78, 5) is 0. The van der Waals surface area contributed by atoms with Gasteiger partial charge in [0.05, 0.1) is 0 Å². The predicted octanol–water partition coefficient (Wildman–Crippen LogP) is 2.61. The number of allylic oxidation sites excluding steroid dienone is 4. The molecular formula is C9H14B. The molecule has 1 rings (SSSR count). The zero-order valence-corrected chi connectivity index (χ0v) is 7.02. The van der Waals surface area contributed by atoms with Gasteiger partial charge >= 0.3 is 0 Å². The minimum atomic E-state index is 0.324. The summed E-state index contributed by atoms with van der Waals surface area (Å²) in [5.74, 6) is 0. The molecule has 0 aromatic rings. The number of hydrogen-bond acceptors (Lipinski definition) is 0. The molecule has 0 spiro atoms. The molecule has 0 amide bonds. The van der Waals surface area contributed by atoms with Gasteiger partial charge in [0.15, 0.2) is 7.28 Å². The lowest BCUT2D eigenvalue weighted by molar-refractivity contribution is 0.528. The molecule has 53 valence electrons. The Morgan fingerprint density at radius 1 is 1.40 bits per heavy atom. The normalized spacial score (nSPS) is 18.1. The lowest BCUT2D eigenvalue weighted by Gasteiger charge is -2.23. The van der Waals surface area contributed by atoms with Crippen LogP contribution in [0.5, 0.6) is 0 Å². The van der Waals surface area contributed by atoms with Crippen molar-refractivity contribution in [3.63, 3.8) is 0 Å². The first kappa shape index (κ1) is 7.65. The molecule has 1 heterocycles. The summed E-state index contributed by atoms with van der Waals surface area (Å²) < 4.78 is 0. The molecule has 1 heteroatoms. The van der Waals surface area contributed by atoms with Crippen LogP contribution in [0.3, 0.4) is 0 Å². The van der Waals surface area contributed by atoms with Crippen LogP contribution in [0, 0.1) is 5.41 Å². The van der Waals surface area contributed by atoms with Gasteiger partial charge in [-0.05, 0) is 5.41 Å². The largest absolute Gasteiger partial charge is 0.150 e. The van der Waals surface area contributed by atoms with Crippen LogP contribution in [0.25, 0.3) is 0 Å². The third-order valence-corrected chi connectivity index (χ3v) is 1.75. The second-order valence-electron chi connectivity index (χ2n) is 3.74. The molecule has 0 bridgehead atoms. The molecule has 0 saturated heterocycles. The van der Waals surface area contributed by atoms with Crippen molar-refractivity contribution in [2.24, 2.45) is 5.41 Å². The van der Waals surface area contributed by atoms with E-state index in [-0.39, 0.29) is 0 Å². The molecule has 0 nitrogen and oxygen atoms in total. The zero-order valence-electron chi connectivity index (χ0n) is 7.02. The van der Waals surface area contributed by atoms with Crippen molar-refractivity contribution in [1.29, 1.82) is 0 Å². The molecule has 0 aromatic heterocycles. The van der Waals surface area contributed by atoms with Crippen LogP contribution < -0.4 is 0 Å². The third kappa shape index (κ3) is 1.76. The van der Waals surface area contributed by atoms with Crippen LogP contribution in [0.1, 0.15) is 20.8 Å². The van der Waals surface area contributed by atoms with Gasteiger partial charge in [-0.3, -0.25) is 0 Å². The maximum atomic E-state index is 2.29. The SMILES string of the molecule is CC(C)(C)C1=CC=CC[B]1. The first-order valence-corrected chi connectivity index (χ1v) is 3.81. The number of rotatable bonds is 0. The van der Waals surface area contributed by atoms with Crippen molar-refractivity contribution in [2.45, 2.75) is 27.1 Å². The minimum Gasteiger partial charge on any atom is -0.103 e. The van der Waals surface area contributed by atoms with Crippen molar-refractivity contribution in [3.05, 3.63) is 23.7 Å². The fourth-order valence-corrected chi connectivity index (χ4v) is 1.07. The van der Waals surface area contributed by atoms with E-state index in [1.165, 1.54) is 5.47 Å². The Morgan fingerprint density at radius 2 is 2.10 bits per heavy atom. The molecule has 1 radical (unpaired) electrons. The van der Waals surface area contributed by atoms with Crippen LogP contribution in [0.15, 0.2) is 23.7 Å². The van der Waals surface area contributed by atoms with Crippen molar-refractivity contribution in [2.75, 3.05) is 0 Å². The fourth-order valence-electron chi connectivity index (χ4n) is 1.07. The Bertz CT molecular complexity index is 170. The highest BCUT2D eigenvalue weighted by Gasteiger charge is 2.16. The fraction of sp³-hybridized carbons (Fsp3) is 0.556. The van der Waals surface area contributed by atoms with E-state index in [9.17, 15) is 0 Å².